The molecule has 5 aliphatic rings. The van der Waals surface area contributed by atoms with Crippen molar-refractivity contribution in [2.45, 2.75) is 198 Å². The third-order valence-corrected chi connectivity index (χ3v) is 14.2. The molecule has 0 aromatic heterocycles. The number of carbonyl (C=O) groups is 10. The molecule has 340 valence electrons. The summed E-state index contributed by atoms with van der Waals surface area (Å²) in [6.07, 6.45) is 18.7. The Morgan fingerprint density at radius 3 is 0.500 bits per heavy atom. The molecule has 0 amide bonds. The second-order valence-electron chi connectivity index (χ2n) is 18.9. The molecule has 0 aromatic rings. The van der Waals surface area contributed by atoms with E-state index in [1.807, 2.05) is 0 Å². The van der Waals surface area contributed by atoms with Crippen molar-refractivity contribution in [3.63, 3.8) is 0 Å². The van der Waals surface area contributed by atoms with Crippen LogP contribution in [0.5, 0.6) is 0 Å². The molecular formula is C50H80O10. The molecule has 10 nitrogen and oxygen atoms in total. The Hall–Kier alpha value is -3.30. The van der Waals surface area contributed by atoms with E-state index in [2.05, 4.69) is 0 Å². The Morgan fingerprint density at radius 2 is 0.333 bits per heavy atom. The third kappa shape index (κ3) is 21.0. The first-order valence-electron chi connectivity index (χ1n) is 23.1. The highest BCUT2D eigenvalue weighted by Crippen LogP contribution is 2.35. The molecule has 10 heteroatoms. The number of carbonyl (C=O) groups excluding carboxylic acids is 10. The van der Waals surface area contributed by atoms with E-state index in [4.69, 9.17) is 0 Å². The fourth-order valence-corrected chi connectivity index (χ4v) is 9.35. The van der Waals surface area contributed by atoms with Gasteiger partial charge < -0.3 is 0 Å². The Labute approximate surface area is 361 Å². The molecule has 60 heavy (non-hydrogen) atoms. The number of ketones is 10. The first kappa shape index (κ1) is 54.7. The standard InChI is InChI=1S/C12H20O2.C11H18O2.C10H16O2.C9H14O2.C8H12O2/c1-9(13)11-5-3-7-12(10(2)14)8-4-6-11;1-8(12)10-4-3-5-11(7-6-10)9(2)13;1-7(11)9-3-5-10(6-4-9)8(2)12;1-6(10)8-3-4-9(5-8)7(2)11;1-5(9)7-3-8(4-7)6(2)10/h11-12H,3-8H2,1-2H3;10-11H,3-7H2,1-2H3;9-10H,3-6H2,1-2H3;8-9H,3-5H2,1-2H3;7-8H,3-4H2,1-2H3. The minimum absolute atomic E-state index is 0.170. The number of Topliss-reactive ketones (excluding diaryl/α,β-unsaturated/α-hetero) is 10. The zero-order chi connectivity index (χ0) is 45.7. The maximum Gasteiger partial charge on any atom is 0.132 e. The summed E-state index contributed by atoms with van der Waals surface area (Å²) in [5.74, 6) is 4.95. The lowest BCUT2D eigenvalue weighted by Crippen LogP contribution is -2.33. The monoisotopic (exact) mass is 841 g/mol. The van der Waals surface area contributed by atoms with Gasteiger partial charge in [0.1, 0.15) is 57.8 Å². The normalized spacial score (nSPS) is 29.8. The summed E-state index contributed by atoms with van der Waals surface area (Å²) < 4.78 is 0. The Balaban J connectivity index is 0.000000377. The summed E-state index contributed by atoms with van der Waals surface area (Å²) in [6, 6.07) is 0. The van der Waals surface area contributed by atoms with Gasteiger partial charge in [0.15, 0.2) is 0 Å². The van der Waals surface area contributed by atoms with E-state index in [0.29, 0.717) is 23.1 Å². The van der Waals surface area contributed by atoms with E-state index < -0.39 is 0 Å². The zero-order valence-corrected chi connectivity index (χ0v) is 39.0. The van der Waals surface area contributed by atoms with Crippen molar-refractivity contribution >= 4 is 57.8 Å². The van der Waals surface area contributed by atoms with Gasteiger partial charge in [-0.15, -0.1) is 0 Å². The molecule has 0 aromatic carbocycles. The number of hydrogen-bond donors (Lipinski definition) is 0. The summed E-state index contributed by atoms with van der Waals surface area (Å²) in [6.45, 7) is 16.4. The maximum atomic E-state index is 11.2. The van der Waals surface area contributed by atoms with Crippen molar-refractivity contribution in [2.75, 3.05) is 0 Å². The molecule has 5 rings (SSSR count). The first-order valence-corrected chi connectivity index (χ1v) is 23.1. The highest BCUT2D eigenvalue weighted by molar-refractivity contribution is 5.85. The maximum absolute atomic E-state index is 11.2. The molecule has 4 unspecified atom stereocenters. The van der Waals surface area contributed by atoms with Gasteiger partial charge in [0.05, 0.1) is 0 Å². The van der Waals surface area contributed by atoms with E-state index in [1.165, 1.54) is 0 Å². The molecule has 0 spiro atoms. The second-order valence-corrected chi connectivity index (χ2v) is 18.9. The topological polar surface area (TPSA) is 171 Å². The summed E-state index contributed by atoms with van der Waals surface area (Å²) in [7, 11) is 0. The van der Waals surface area contributed by atoms with Crippen LogP contribution in [0.1, 0.15) is 198 Å². The van der Waals surface area contributed by atoms with Gasteiger partial charge in [0, 0.05) is 59.2 Å². The molecular weight excluding hydrogens is 761 g/mol. The molecule has 0 bridgehead atoms. The predicted molar refractivity (Wildman–Crippen MR) is 234 cm³/mol. The molecule has 5 saturated carbocycles. The number of rotatable bonds is 10. The Morgan fingerprint density at radius 1 is 0.200 bits per heavy atom. The fourth-order valence-electron chi connectivity index (χ4n) is 9.35. The molecule has 0 N–H and O–H groups in total. The highest BCUT2D eigenvalue weighted by Gasteiger charge is 2.35. The molecule has 0 saturated heterocycles. The predicted octanol–water partition coefficient (Wildman–Crippen LogP) is 9.85. The van der Waals surface area contributed by atoms with Gasteiger partial charge in [-0.05, 0) is 178 Å². The van der Waals surface area contributed by atoms with Gasteiger partial charge in [-0.2, -0.15) is 0 Å². The fraction of sp³-hybridized carbons (Fsp3) is 0.800. The van der Waals surface area contributed by atoms with Crippen molar-refractivity contribution in [1.82, 2.24) is 0 Å². The molecule has 4 atom stereocenters. The van der Waals surface area contributed by atoms with Gasteiger partial charge >= 0.3 is 0 Å². The molecule has 0 aliphatic heterocycles. The van der Waals surface area contributed by atoms with Crippen LogP contribution in [0.15, 0.2) is 0 Å². The molecule has 0 heterocycles. The third-order valence-electron chi connectivity index (χ3n) is 14.2. The summed E-state index contributed by atoms with van der Waals surface area (Å²) >= 11 is 0. The lowest BCUT2D eigenvalue weighted by molar-refractivity contribution is -0.131. The van der Waals surface area contributed by atoms with Gasteiger partial charge in [0.2, 0.25) is 0 Å². The molecule has 5 aliphatic carbocycles. The SMILES string of the molecule is CC(=O)C1CC(C(C)=O)C1.CC(=O)C1CCC(C(C)=O)C1.CC(=O)C1CCC(C(C)=O)CC1.CC(=O)C1CCCC(C(C)=O)CC1.CC(=O)C1CCCC(C(C)=O)CCC1. The van der Waals surface area contributed by atoms with Crippen LogP contribution in [0.2, 0.25) is 0 Å². The van der Waals surface area contributed by atoms with Crippen LogP contribution < -0.4 is 0 Å². The van der Waals surface area contributed by atoms with Crippen LogP contribution >= 0.6 is 0 Å². The summed E-state index contributed by atoms with van der Waals surface area (Å²) in [5.41, 5.74) is 0. The van der Waals surface area contributed by atoms with Gasteiger partial charge in [-0.25, -0.2) is 0 Å². The van der Waals surface area contributed by atoms with E-state index in [1.54, 1.807) is 69.2 Å². The Kier molecular flexibility index (Phi) is 25.8. The first-order chi connectivity index (χ1) is 28.0. The van der Waals surface area contributed by atoms with Crippen LogP contribution in [0, 0.1) is 59.2 Å². The lowest BCUT2D eigenvalue weighted by atomic mass is 9.71. The zero-order valence-electron chi connectivity index (χ0n) is 39.0. The summed E-state index contributed by atoms with van der Waals surface area (Å²) in [5, 5.41) is 0. The quantitative estimate of drug-likeness (QED) is 0.193. The van der Waals surface area contributed by atoms with E-state index in [-0.39, 0.29) is 93.9 Å². The van der Waals surface area contributed by atoms with Crippen molar-refractivity contribution in [1.29, 1.82) is 0 Å². The average Bonchev–Trinajstić information content (AvgIpc) is 3.50. The minimum Gasteiger partial charge on any atom is -0.300 e. The van der Waals surface area contributed by atoms with Crippen LogP contribution in [-0.4, -0.2) is 57.8 Å². The minimum atomic E-state index is 0.170. The van der Waals surface area contributed by atoms with E-state index in [9.17, 15) is 47.9 Å². The van der Waals surface area contributed by atoms with Gasteiger partial charge in [0.25, 0.3) is 0 Å². The summed E-state index contributed by atoms with van der Waals surface area (Å²) in [4.78, 5) is 110. The van der Waals surface area contributed by atoms with Crippen molar-refractivity contribution in [2.24, 2.45) is 59.2 Å². The van der Waals surface area contributed by atoms with E-state index in [0.717, 1.165) is 128 Å². The van der Waals surface area contributed by atoms with Crippen LogP contribution in [0.25, 0.3) is 0 Å². The average molecular weight is 841 g/mol. The van der Waals surface area contributed by atoms with Gasteiger partial charge in [-0.1, -0.05) is 19.3 Å². The smallest absolute Gasteiger partial charge is 0.132 e. The molecule has 0 radical (unpaired) electrons. The van der Waals surface area contributed by atoms with Gasteiger partial charge in [-0.3, -0.25) is 47.9 Å². The number of hydrogen-bond acceptors (Lipinski definition) is 10. The van der Waals surface area contributed by atoms with Crippen molar-refractivity contribution < 1.29 is 47.9 Å². The second kappa shape index (κ2) is 28.3. The van der Waals surface area contributed by atoms with Crippen molar-refractivity contribution in [3.05, 3.63) is 0 Å². The van der Waals surface area contributed by atoms with Crippen LogP contribution in [0.3, 0.4) is 0 Å². The van der Waals surface area contributed by atoms with Crippen molar-refractivity contribution in [3.8, 4) is 0 Å². The Bertz CT molecular complexity index is 1360. The lowest BCUT2D eigenvalue weighted by Gasteiger charge is -2.31. The highest BCUT2D eigenvalue weighted by atomic mass is 16.2. The molecule has 5 fully saturated rings. The van der Waals surface area contributed by atoms with E-state index >= 15 is 0 Å². The van der Waals surface area contributed by atoms with Crippen LogP contribution in [-0.2, 0) is 47.9 Å². The van der Waals surface area contributed by atoms with Crippen LogP contribution in [0.4, 0.5) is 0 Å². The largest absolute Gasteiger partial charge is 0.300 e.